The highest BCUT2D eigenvalue weighted by atomic mass is 32.1. The maximum atomic E-state index is 13.6. The summed E-state index contributed by atoms with van der Waals surface area (Å²) in [6.45, 7) is 5.48. The molecule has 0 saturated heterocycles. The van der Waals surface area contributed by atoms with E-state index >= 15 is 0 Å². The minimum Gasteiger partial charge on any atom is -0.375 e. The lowest BCUT2D eigenvalue weighted by atomic mass is 10.0. The quantitative estimate of drug-likeness (QED) is 0.649. The third-order valence-corrected chi connectivity index (χ3v) is 6.91. The first-order valence-corrected chi connectivity index (χ1v) is 11.9. The highest BCUT2D eigenvalue weighted by Gasteiger charge is 2.30. The van der Waals surface area contributed by atoms with Crippen molar-refractivity contribution in [3.63, 3.8) is 0 Å². The Balaban J connectivity index is 1.36. The standard InChI is InChI=1S/C25H27N5OS/c1-15-4-3-5-18(12-15)23-22(29-25(26)32-23)24(31)30(14-17-7-8-17)11-10-21-27-19-9-6-16(2)13-20(19)28-21/h3-6,9,12,17H,7-8,10-11,13-14H2,1-2H3,(H2,26,29). The van der Waals surface area contributed by atoms with Gasteiger partial charge in [0, 0.05) is 25.9 Å². The number of hydrogen-bond donors (Lipinski definition) is 1. The summed E-state index contributed by atoms with van der Waals surface area (Å²) in [6.07, 6.45) is 7.97. The smallest absolute Gasteiger partial charge is 0.274 e. The molecule has 1 fully saturated rings. The number of hydrogen-bond acceptors (Lipinski definition) is 6. The maximum absolute atomic E-state index is 13.6. The molecule has 7 heteroatoms. The van der Waals surface area contributed by atoms with Crippen molar-refractivity contribution in [1.29, 1.82) is 0 Å². The Morgan fingerprint density at radius 2 is 2.06 bits per heavy atom. The summed E-state index contributed by atoms with van der Waals surface area (Å²) in [5.74, 6) is 1.33. The lowest BCUT2D eigenvalue weighted by molar-refractivity contribution is 0.0748. The Morgan fingerprint density at radius 1 is 1.22 bits per heavy atom. The van der Waals surface area contributed by atoms with Crippen LogP contribution < -0.4 is 5.73 Å². The van der Waals surface area contributed by atoms with Gasteiger partial charge in [-0.15, -0.1) is 0 Å². The molecule has 0 atom stereocenters. The number of rotatable bonds is 7. The molecule has 1 saturated carbocycles. The van der Waals surface area contributed by atoms with Crippen LogP contribution in [0.1, 0.15) is 48.7 Å². The van der Waals surface area contributed by atoms with Crippen LogP contribution >= 0.6 is 11.3 Å². The van der Waals surface area contributed by atoms with E-state index < -0.39 is 0 Å². The number of carbonyl (C=O) groups excluding carboxylic acids is 1. The number of aliphatic imine (C=N–C) groups is 2. The molecule has 2 N–H and O–H groups in total. The lowest BCUT2D eigenvalue weighted by Gasteiger charge is -2.22. The zero-order chi connectivity index (χ0) is 22.2. The molecule has 6 nitrogen and oxygen atoms in total. The first-order chi connectivity index (χ1) is 15.5. The molecule has 1 amide bonds. The van der Waals surface area contributed by atoms with Crippen molar-refractivity contribution >= 4 is 33.9 Å². The van der Waals surface area contributed by atoms with Gasteiger partial charge >= 0.3 is 0 Å². The minimum absolute atomic E-state index is 0.0539. The minimum atomic E-state index is -0.0539. The number of nitrogens with zero attached hydrogens (tertiary/aromatic N) is 4. The van der Waals surface area contributed by atoms with Gasteiger partial charge in [-0.25, -0.2) is 15.0 Å². The number of nitrogens with two attached hydrogens (primary N) is 1. The molecular weight excluding hydrogens is 418 g/mol. The van der Waals surface area contributed by atoms with E-state index in [0.717, 1.165) is 46.2 Å². The summed E-state index contributed by atoms with van der Waals surface area (Å²) in [4.78, 5) is 30.2. The number of carbonyl (C=O) groups is 1. The van der Waals surface area contributed by atoms with E-state index in [-0.39, 0.29) is 5.91 Å². The topological polar surface area (TPSA) is 83.9 Å². The van der Waals surface area contributed by atoms with E-state index in [1.165, 1.54) is 29.8 Å². The summed E-state index contributed by atoms with van der Waals surface area (Å²) in [6, 6.07) is 8.13. The van der Waals surface area contributed by atoms with Gasteiger partial charge in [-0.05, 0) is 44.2 Å². The van der Waals surface area contributed by atoms with Gasteiger partial charge in [0.1, 0.15) is 11.5 Å². The van der Waals surface area contributed by atoms with Gasteiger partial charge in [-0.2, -0.15) is 0 Å². The number of amides is 1. The first-order valence-electron chi connectivity index (χ1n) is 11.1. The van der Waals surface area contributed by atoms with Crippen molar-refractivity contribution in [1.82, 2.24) is 9.88 Å². The zero-order valence-electron chi connectivity index (χ0n) is 18.5. The van der Waals surface area contributed by atoms with Crippen LogP contribution in [0.4, 0.5) is 5.13 Å². The van der Waals surface area contributed by atoms with Gasteiger partial charge in [-0.3, -0.25) is 4.79 Å². The predicted molar refractivity (Wildman–Crippen MR) is 131 cm³/mol. The van der Waals surface area contributed by atoms with Crippen LogP contribution in [0.2, 0.25) is 0 Å². The van der Waals surface area contributed by atoms with E-state index in [4.69, 9.17) is 10.7 Å². The summed E-state index contributed by atoms with van der Waals surface area (Å²) in [7, 11) is 0. The molecule has 1 aromatic heterocycles. The SMILES string of the molecule is CC1=CC=C2N=C(CCN(CC3CC3)C(=O)c3nc(N)sc3-c3cccc(C)c3)N=C2C1. The monoisotopic (exact) mass is 445 g/mol. The Morgan fingerprint density at radius 3 is 2.84 bits per heavy atom. The van der Waals surface area contributed by atoms with Crippen LogP contribution in [0.15, 0.2) is 57.7 Å². The number of allylic oxidation sites excluding steroid dienone is 4. The average Bonchev–Trinajstić information content (AvgIpc) is 3.36. The van der Waals surface area contributed by atoms with Crippen LogP contribution in [0.5, 0.6) is 0 Å². The summed E-state index contributed by atoms with van der Waals surface area (Å²) >= 11 is 1.37. The van der Waals surface area contributed by atoms with Crippen molar-refractivity contribution in [2.45, 2.75) is 39.5 Å². The van der Waals surface area contributed by atoms with Crippen molar-refractivity contribution in [2.75, 3.05) is 18.8 Å². The largest absolute Gasteiger partial charge is 0.375 e. The molecule has 5 rings (SSSR count). The van der Waals surface area contributed by atoms with E-state index in [1.807, 2.05) is 36.1 Å². The Bertz CT molecular complexity index is 1200. The fraction of sp³-hybridized carbons (Fsp3) is 0.360. The van der Waals surface area contributed by atoms with Gasteiger partial charge in [0.15, 0.2) is 5.13 Å². The molecule has 3 aliphatic rings. The predicted octanol–water partition coefficient (Wildman–Crippen LogP) is 5.03. The second kappa shape index (κ2) is 8.47. The third kappa shape index (κ3) is 4.43. The maximum Gasteiger partial charge on any atom is 0.274 e. The molecule has 0 unspecified atom stereocenters. The van der Waals surface area contributed by atoms with Crippen molar-refractivity contribution in [3.8, 4) is 10.4 Å². The number of thiazole rings is 1. The molecule has 1 aliphatic heterocycles. The van der Waals surface area contributed by atoms with Crippen molar-refractivity contribution in [3.05, 3.63) is 58.9 Å². The number of amidine groups is 1. The normalized spacial score (nSPS) is 17.3. The van der Waals surface area contributed by atoms with Crippen LogP contribution in [-0.4, -0.2) is 40.4 Å². The third-order valence-electron chi connectivity index (χ3n) is 5.98. The number of nitrogen functional groups attached to an aromatic ring is 1. The number of anilines is 1. The van der Waals surface area contributed by atoms with Gasteiger partial charge < -0.3 is 10.6 Å². The number of aryl methyl sites for hydroxylation is 1. The van der Waals surface area contributed by atoms with Crippen molar-refractivity contribution in [2.24, 2.45) is 15.9 Å². The fourth-order valence-corrected chi connectivity index (χ4v) is 4.92. The van der Waals surface area contributed by atoms with Crippen LogP contribution in [0.3, 0.4) is 0 Å². The highest BCUT2D eigenvalue weighted by molar-refractivity contribution is 7.19. The molecular formula is C25H27N5OS. The van der Waals surface area contributed by atoms with Crippen LogP contribution in [0, 0.1) is 12.8 Å². The van der Waals surface area contributed by atoms with E-state index in [9.17, 15) is 4.79 Å². The molecule has 32 heavy (non-hydrogen) atoms. The fourth-order valence-electron chi connectivity index (χ4n) is 4.10. The van der Waals surface area contributed by atoms with Gasteiger partial charge in [0.2, 0.25) is 0 Å². The summed E-state index contributed by atoms with van der Waals surface area (Å²) < 4.78 is 0. The Labute approximate surface area is 192 Å². The highest BCUT2D eigenvalue weighted by Crippen LogP contribution is 2.35. The Hall–Kier alpha value is -3.06. The van der Waals surface area contributed by atoms with Crippen LogP contribution in [0.25, 0.3) is 10.4 Å². The molecule has 2 aromatic rings. The molecule has 2 heterocycles. The molecule has 164 valence electrons. The van der Waals surface area contributed by atoms with Gasteiger partial charge in [0.25, 0.3) is 5.91 Å². The van der Waals surface area contributed by atoms with E-state index in [0.29, 0.717) is 29.7 Å². The Kier molecular flexibility index (Phi) is 5.51. The second-order valence-electron chi connectivity index (χ2n) is 8.87. The summed E-state index contributed by atoms with van der Waals surface area (Å²) in [5, 5.41) is 0.418. The van der Waals surface area contributed by atoms with Crippen LogP contribution in [-0.2, 0) is 0 Å². The molecule has 2 aliphatic carbocycles. The first kappa shape index (κ1) is 20.8. The lowest BCUT2D eigenvalue weighted by Crippen LogP contribution is -2.35. The van der Waals surface area contributed by atoms with E-state index in [1.54, 1.807) is 0 Å². The average molecular weight is 446 g/mol. The molecule has 1 aromatic carbocycles. The number of aromatic nitrogens is 1. The number of fused-ring (bicyclic) bond motifs is 1. The van der Waals surface area contributed by atoms with E-state index in [2.05, 4.69) is 29.0 Å². The molecule has 0 bridgehead atoms. The molecule has 0 spiro atoms. The second-order valence-corrected chi connectivity index (χ2v) is 9.90. The molecule has 0 radical (unpaired) electrons. The van der Waals surface area contributed by atoms with Gasteiger partial charge in [0.05, 0.1) is 16.3 Å². The van der Waals surface area contributed by atoms with Crippen molar-refractivity contribution < 1.29 is 4.79 Å². The summed E-state index contributed by atoms with van der Waals surface area (Å²) in [5.41, 5.74) is 11.9. The van der Waals surface area contributed by atoms with Gasteiger partial charge in [-0.1, -0.05) is 52.8 Å². The number of benzene rings is 1. The zero-order valence-corrected chi connectivity index (χ0v) is 19.3.